The molecule has 0 radical (unpaired) electrons. The second kappa shape index (κ2) is 7.85. The summed E-state index contributed by atoms with van der Waals surface area (Å²) in [6.07, 6.45) is 4.85. The largest absolute Gasteiger partial charge is 0.451 e. The molecular formula is C20H26N2O5S. The molecule has 2 fully saturated rings. The Balaban J connectivity index is 1.58. The highest BCUT2D eigenvalue weighted by Gasteiger charge is 2.27. The summed E-state index contributed by atoms with van der Waals surface area (Å²) in [6, 6.07) is 4.81. The highest BCUT2D eigenvalue weighted by Crippen LogP contribution is 2.29. The number of sulfonamides is 1. The first-order valence-electron chi connectivity index (χ1n) is 9.90. The fourth-order valence-electron chi connectivity index (χ4n) is 3.92. The molecule has 152 valence electrons. The lowest BCUT2D eigenvalue weighted by atomic mass is 10.1. The number of hydrogen-bond donors (Lipinski definition) is 1. The van der Waals surface area contributed by atoms with Crippen LogP contribution < -0.4 is 5.32 Å². The zero-order chi connectivity index (χ0) is 19.7. The van der Waals surface area contributed by atoms with Crippen LogP contribution >= 0.6 is 0 Å². The predicted octanol–water partition coefficient (Wildman–Crippen LogP) is 2.82. The lowest BCUT2D eigenvalue weighted by Gasteiger charge is -2.25. The van der Waals surface area contributed by atoms with Gasteiger partial charge < -0.3 is 14.5 Å². The van der Waals surface area contributed by atoms with E-state index in [9.17, 15) is 13.2 Å². The minimum atomic E-state index is -3.53. The van der Waals surface area contributed by atoms with Gasteiger partial charge in [0.1, 0.15) is 5.58 Å². The van der Waals surface area contributed by atoms with E-state index in [4.69, 9.17) is 9.15 Å². The van der Waals surface area contributed by atoms with Crippen LogP contribution in [-0.2, 0) is 14.8 Å². The van der Waals surface area contributed by atoms with Gasteiger partial charge in [-0.3, -0.25) is 4.79 Å². The first kappa shape index (κ1) is 19.4. The van der Waals surface area contributed by atoms with Gasteiger partial charge in [-0.2, -0.15) is 4.31 Å². The number of nitrogens with one attached hydrogen (secondary N) is 1. The highest BCUT2D eigenvalue weighted by molar-refractivity contribution is 7.89. The maximum absolute atomic E-state index is 12.9. The zero-order valence-electron chi connectivity index (χ0n) is 16.1. The molecule has 8 heteroatoms. The number of ether oxygens (including phenoxy) is 1. The van der Waals surface area contributed by atoms with Crippen molar-refractivity contribution in [3.8, 4) is 0 Å². The average molecular weight is 407 g/mol. The molecule has 28 heavy (non-hydrogen) atoms. The summed E-state index contributed by atoms with van der Waals surface area (Å²) in [5.74, 6) is -0.0786. The number of amides is 1. The van der Waals surface area contributed by atoms with Crippen LogP contribution in [0.4, 0.5) is 0 Å². The normalized spacial score (nSPS) is 21.2. The Labute approximate surface area is 165 Å². The third kappa shape index (κ3) is 3.68. The number of rotatable bonds is 5. The monoisotopic (exact) mass is 406 g/mol. The quantitative estimate of drug-likeness (QED) is 0.825. The van der Waals surface area contributed by atoms with Gasteiger partial charge in [0.05, 0.1) is 11.0 Å². The van der Waals surface area contributed by atoms with Crippen molar-refractivity contribution in [1.82, 2.24) is 9.62 Å². The van der Waals surface area contributed by atoms with Crippen LogP contribution in [0.2, 0.25) is 0 Å². The molecule has 1 aromatic carbocycles. The van der Waals surface area contributed by atoms with Gasteiger partial charge in [-0.05, 0) is 50.8 Å². The Morgan fingerprint density at radius 2 is 2.00 bits per heavy atom. The molecule has 0 bridgehead atoms. The smallest absolute Gasteiger partial charge is 0.287 e. The Morgan fingerprint density at radius 3 is 2.71 bits per heavy atom. The molecule has 0 spiro atoms. The van der Waals surface area contributed by atoms with E-state index in [1.54, 1.807) is 29.4 Å². The topological polar surface area (TPSA) is 88.8 Å². The number of furan rings is 1. The molecule has 1 N–H and O–H groups in total. The zero-order valence-corrected chi connectivity index (χ0v) is 16.9. The Bertz CT molecular complexity index is 970. The van der Waals surface area contributed by atoms with Crippen molar-refractivity contribution in [3.05, 3.63) is 29.5 Å². The minimum absolute atomic E-state index is 0.0509. The summed E-state index contributed by atoms with van der Waals surface area (Å²) in [5.41, 5.74) is 1.16. The third-order valence-corrected chi connectivity index (χ3v) is 7.48. The lowest BCUT2D eigenvalue weighted by molar-refractivity contribution is 0.0836. The van der Waals surface area contributed by atoms with Crippen molar-refractivity contribution < 1.29 is 22.4 Å². The van der Waals surface area contributed by atoms with Crippen molar-refractivity contribution in [2.75, 3.05) is 26.2 Å². The van der Waals surface area contributed by atoms with Gasteiger partial charge in [-0.15, -0.1) is 0 Å². The van der Waals surface area contributed by atoms with E-state index in [1.807, 2.05) is 0 Å². The van der Waals surface area contributed by atoms with Crippen molar-refractivity contribution in [2.24, 2.45) is 0 Å². The van der Waals surface area contributed by atoms with Gasteiger partial charge in [0, 0.05) is 37.2 Å². The molecule has 7 nitrogen and oxygen atoms in total. The van der Waals surface area contributed by atoms with Crippen LogP contribution in [-0.4, -0.2) is 51.0 Å². The number of carbonyl (C=O) groups excluding carboxylic acids is 1. The molecule has 0 aliphatic carbocycles. The molecule has 1 amide bonds. The van der Waals surface area contributed by atoms with Gasteiger partial charge in [-0.25, -0.2) is 8.42 Å². The third-order valence-electron chi connectivity index (χ3n) is 5.58. The Hall–Kier alpha value is -1.90. The molecule has 1 atom stereocenters. The van der Waals surface area contributed by atoms with E-state index in [-0.39, 0.29) is 22.7 Å². The van der Waals surface area contributed by atoms with Crippen LogP contribution in [0.25, 0.3) is 11.0 Å². The maximum atomic E-state index is 12.9. The molecule has 4 rings (SSSR count). The van der Waals surface area contributed by atoms with Crippen LogP contribution in [0.5, 0.6) is 0 Å². The van der Waals surface area contributed by atoms with Gasteiger partial charge >= 0.3 is 0 Å². The molecular weight excluding hydrogens is 380 g/mol. The van der Waals surface area contributed by atoms with Gasteiger partial charge in [0.25, 0.3) is 5.91 Å². The van der Waals surface area contributed by atoms with Crippen LogP contribution in [0.15, 0.2) is 27.5 Å². The Morgan fingerprint density at radius 1 is 1.21 bits per heavy atom. The van der Waals surface area contributed by atoms with E-state index >= 15 is 0 Å². The van der Waals surface area contributed by atoms with Crippen molar-refractivity contribution in [1.29, 1.82) is 0 Å². The molecule has 1 aromatic heterocycles. The van der Waals surface area contributed by atoms with E-state index in [2.05, 4.69) is 5.32 Å². The number of piperidine rings is 1. The molecule has 2 aliphatic heterocycles. The van der Waals surface area contributed by atoms with E-state index < -0.39 is 10.0 Å². The highest BCUT2D eigenvalue weighted by atomic mass is 32.2. The van der Waals surface area contributed by atoms with Crippen molar-refractivity contribution in [2.45, 2.75) is 50.0 Å². The fourth-order valence-corrected chi connectivity index (χ4v) is 5.47. The molecule has 0 saturated carbocycles. The Kier molecular flexibility index (Phi) is 5.44. The van der Waals surface area contributed by atoms with Crippen LogP contribution in [0, 0.1) is 6.92 Å². The second-order valence-corrected chi connectivity index (χ2v) is 9.46. The summed E-state index contributed by atoms with van der Waals surface area (Å²) >= 11 is 0. The minimum Gasteiger partial charge on any atom is -0.451 e. The van der Waals surface area contributed by atoms with E-state index in [0.717, 1.165) is 38.7 Å². The summed E-state index contributed by atoms with van der Waals surface area (Å²) in [7, 11) is -3.53. The van der Waals surface area contributed by atoms with Crippen molar-refractivity contribution >= 4 is 26.9 Å². The number of carbonyl (C=O) groups is 1. The second-order valence-electron chi connectivity index (χ2n) is 7.52. The van der Waals surface area contributed by atoms with Crippen LogP contribution in [0.3, 0.4) is 0 Å². The fraction of sp³-hybridized carbons (Fsp3) is 0.550. The first-order chi connectivity index (χ1) is 13.5. The van der Waals surface area contributed by atoms with Gasteiger partial charge in [-0.1, -0.05) is 6.42 Å². The van der Waals surface area contributed by atoms with Crippen LogP contribution in [0.1, 0.15) is 48.2 Å². The predicted molar refractivity (Wildman–Crippen MR) is 105 cm³/mol. The molecule has 2 aromatic rings. The SMILES string of the molecule is Cc1c(C(=O)NC[C@@H]2CCCO2)oc2ccc(S(=O)(=O)N3CCCCC3)cc12. The average Bonchev–Trinajstić information content (AvgIpc) is 3.35. The first-order valence-corrected chi connectivity index (χ1v) is 11.3. The summed E-state index contributed by atoms with van der Waals surface area (Å²) < 4.78 is 38.7. The maximum Gasteiger partial charge on any atom is 0.287 e. The standard InChI is InChI=1S/C20H26N2O5S/c1-14-17-12-16(28(24,25)22-9-3-2-4-10-22)7-8-18(17)27-19(14)20(23)21-13-15-6-5-11-26-15/h7-8,12,15H,2-6,9-11,13H2,1H3,(H,21,23)/t15-/m0/s1. The summed E-state index contributed by atoms with van der Waals surface area (Å²) in [6.45, 7) is 4.08. The van der Waals surface area contributed by atoms with Crippen molar-refractivity contribution in [3.63, 3.8) is 0 Å². The molecule has 0 unspecified atom stereocenters. The summed E-state index contributed by atoms with van der Waals surface area (Å²) in [4.78, 5) is 12.8. The number of aryl methyl sites for hydroxylation is 1. The van der Waals surface area contributed by atoms with Gasteiger partial charge in [0.15, 0.2) is 5.76 Å². The number of fused-ring (bicyclic) bond motifs is 1. The number of nitrogens with zero attached hydrogens (tertiary/aromatic N) is 1. The molecule has 2 saturated heterocycles. The number of hydrogen-bond acceptors (Lipinski definition) is 5. The molecule has 3 heterocycles. The van der Waals surface area contributed by atoms with E-state index in [0.29, 0.717) is 36.2 Å². The lowest BCUT2D eigenvalue weighted by Crippen LogP contribution is -2.35. The summed E-state index contributed by atoms with van der Waals surface area (Å²) in [5, 5.41) is 3.51. The molecule has 2 aliphatic rings. The van der Waals surface area contributed by atoms with E-state index in [1.165, 1.54) is 0 Å². The van der Waals surface area contributed by atoms with Gasteiger partial charge in [0.2, 0.25) is 10.0 Å². The number of benzene rings is 1.